The van der Waals surface area contributed by atoms with E-state index >= 15 is 0 Å². The molecule has 2 atom stereocenters. The fraction of sp³-hybridized carbons (Fsp3) is 0.667. The van der Waals surface area contributed by atoms with Gasteiger partial charge < -0.3 is 25.3 Å². The van der Waals surface area contributed by atoms with Crippen LogP contribution < -0.4 is 11.1 Å². The molecule has 3 N–H and O–H groups in total. The van der Waals surface area contributed by atoms with Gasteiger partial charge in [-0.2, -0.15) is 9.59 Å². The fourth-order valence-corrected chi connectivity index (χ4v) is 1.23. The van der Waals surface area contributed by atoms with Crippen LogP contribution in [0, 0.1) is 0 Å². The number of halogens is 1. The van der Waals surface area contributed by atoms with Crippen LogP contribution in [0.15, 0.2) is 12.7 Å². The molecule has 0 spiro atoms. The summed E-state index contributed by atoms with van der Waals surface area (Å²) in [5.74, 6) is -0.795. The summed E-state index contributed by atoms with van der Waals surface area (Å²) in [5.41, 5.74) is 5.27. The van der Waals surface area contributed by atoms with Gasteiger partial charge in [0.25, 0.3) is 0 Å². The van der Waals surface area contributed by atoms with E-state index in [1.807, 2.05) is 6.92 Å². The normalized spacial score (nSPS) is 10.0. The number of carbonyl (C=O) groups is 3. The minimum atomic E-state index is -0.394. The Balaban J connectivity index is -0.0000000947. The molecule has 0 heterocycles. The van der Waals surface area contributed by atoms with Crippen molar-refractivity contribution in [2.45, 2.75) is 52.1 Å². The SMILES string of the molecule is C=CC(=O)OC.CCCN[C@H](C)CC(=O)OC.COC(=O)C[C@@H](C)N.Cl.O=C=O. The molecule has 0 unspecified atom stereocenters. The zero-order valence-electron chi connectivity index (χ0n) is 18.0. The predicted octanol–water partition coefficient (Wildman–Crippen LogP) is 1.02. The third-order valence-corrected chi connectivity index (χ3v) is 2.53. The maximum Gasteiger partial charge on any atom is 0.373 e. The maximum absolute atomic E-state index is 10.7. The van der Waals surface area contributed by atoms with Crippen LogP contribution in [-0.2, 0) is 38.2 Å². The number of hydrogen-bond donors (Lipinski definition) is 2. The van der Waals surface area contributed by atoms with Crippen LogP contribution in [0.4, 0.5) is 0 Å². The summed E-state index contributed by atoms with van der Waals surface area (Å²) >= 11 is 0. The monoisotopic (exact) mass is 442 g/mol. The molecule has 172 valence electrons. The molecule has 0 aromatic carbocycles. The van der Waals surface area contributed by atoms with Gasteiger partial charge >= 0.3 is 24.1 Å². The average molecular weight is 443 g/mol. The van der Waals surface area contributed by atoms with Crippen molar-refractivity contribution in [3.8, 4) is 0 Å². The fourth-order valence-electron chi connectivity index (χ4n) is 1.23. The van der Waals surface area contributed by atoms with Crippen LogP contribution in [0.3, 0.4) is 0 Å². The highest BCUT2D eigenvalue weighted by Crippen LogP contribution is 1.92. The van der Waals surface area contributed by atoms with Crippen molar-refractivity contribution >= 4 is 36.5 Å². The lowest BCUT2D eigenvalue weighted by atomic mass is 10.2. The highest BCUT2D eigenvalue weighted by atomic mass is 35.5. The number of ether oxygens (including phenoxy) is 3. The van der Waals surface area contributed by atoms with Gasteiger partial charge in [-0.25, -0.2) is 4.79 Å². The quantitative estimate of drug-likeness (QED) is 0.316. The average Bonchev–Trinajstić information content (AvgIpc) is 2.66. The Morgan fingerprint density at radius 1 is 1.03 bits per heavy atom. The second-order valence-corrected chi connectivity index (χ2v) is 5.20. The Labute approximate surface area is 178 Å². The lowest BCUT2D eigenvalue weighted by molar-refractivity contribution is -0.191. The molecule has 0 radical (unpaired) electrons. The van der Waals surface area contributed by atoms with Crippen molar-refractivity contribution in [3.63, 3.8) is 0 Å². The van der Waals surface area contributed by atoms with E-state index in [0.717, 1.165) is 19.0 Å². The maximum atomic E-state index is 10.7. The Kier molecular flexibility index (Phi) is 39.4. The standard InChI is InChI=1S/C8H17NO2.C5H11NO2.C4H6O2.CO2.ClH/c1-4-5-9-7(2)6-8(10)11-3;1-4(6)3-5(7)8-2;1-3-4(5)6-2;2-1-3;/h7,9H,4-6H2,1-3H3;4H,3,6H2,1-2H3;3H,1H2,2H3;;1H/t7-;4-;;;/m11.../s1. The molecule has 0 aliphatic carbocycles. The van der Waals surface area contributed by atoms with Crippen molar-refractivity contribution in [1.82, 2.24) is 5.32 Å². The van der Waals surface area contributed by atoms with Crippen LogP contribution in [0.25, 0.3) is 0 Å². The molecular formula is C18H35ClN2O8. The zero-order valence-corrected chi connectivity index (χ0v) is 18.8. The summed E-state index contributed by atoms with van der Waals surface area (Å²) in [6, 6.07) is 0.129. The van der Waals surface area contributed by atoms with Crippen molar-refractivity contribution in [3.05, 3.63) is 12.7 Å². The number of methoxy groups -OCH3 is 3. The summed E-state index contributed by atoms with van der Waals surface area (Å²) in [4.78, 5) is 47.1. The lowest BCUT2D eigenvalue weighted by Crippen LogP contribution is -2.29. The van der Waals surface area contributed by atoms with Gasteiger partial charge in [0.1, 0.15) is 0 Å². The minimum Gasteiger partial charge on any atom is -0.469 e. The van der Waals surface area contributed by atoms with E-state index in [-0.39, 0.29) is 42.6 Å². The topological polar surface area (TPSA) is 151 Å². The third-order valence-electron chi connectivity index (χ3n) is 2.53. The minimum absolute atomic E-state index is 0. The second-order valence-electron chi connectivity index (χ2n) is 5.20. The number of nitrogens with two attached hydrogens (primary N) is 1. The Hall–Kier alpha value is -2.26. The first-order valence-electron chi connectivity index (χ1n) is 8.42. The smallest absolute Gasteiger partial charge is 0.373 e. The van der Waals surface area contributed by atoms with Gasteiger partial charge in [-0.1, -0.05) is 13.5 Å². The number of nitrogens with one attached hydrogen (secondary N) is 1. The van der Waals surface area contributed by atoms with Gasteiger partial charge in [0.15, 0.2) is 0 Å². The van der Waals surface area contributed by atoms with E-state index in [1.54, 1.807) is 6.92 Å². The number of carbonyl (C=O) groups excluding carboxylic acids is 5. The van der Waals surface area contributed by atoms with E-state index in [2.05, 4.69) is 33.0 Å². The first-order valence-corrected chi connectivity index (χ1v) is 8.42. The molecule has 0 fully saturated rings. The molecule has 29 heavy (non-hydrogen) atoms. The molecule has 0 amide bonds. The lowest BCUT2D eigenvalue weighted by Gasteiger charge is -2.10. The number of esters is 3. The first-order chi connectivity index (χ1) is 13.1. The van der Waals surface area contributed by atoms with Crippen molar-refractivity contribution in [2.75, 3.05) is 27.9 Å². The van der Waals surface area contributed by atoms with Crippen molar-refractivity contribution < 1.29 is 38.2 Å². The molecule has 0 saturated heterocycles. The Morgan fingerprint density at radius 2 is 1.45 bits per heavy atom. The van der Waals surface area contributed by atoms with Crippen LogP contribution >= 0.6 is 12.4 Å². The van der Waals surface area contributed by atoms with Crippen LogP contribution in [0.2, 0.25) is 0 Å². The molecule has 10 nitrogen and oxygen atoms in total. The number of rotatable bonds is 8. The van der Waals surface area contributed by atoms with E-state index < -0.39 is 5.97 Å². The van der Waals surface area contributed by atoms with Gasteiger partial charge in [0.2, 0.25) is 0 Å². The van der Waals surface area contributed by atoms with Crippen molar-refractivity contribution in [1.29, 1.82) is 0 Å². The van der Waals surface area contributed by atoms with Crippen LogP contribution in [-0.4, -0.2) is 64.0 Å². The highest BCUT2D eigenvalue weighted by molar-refractivity contribution is 5.85. The molecule has 0 saturated carbocycles. The molecular weight excluding hydrogens is 408 g/mol. The zero-order chi connectivity index (χ0) is 23.0. The van der Waals surface area contributed by atoms with Gasteiger partial charge in [0.05, 0.1) is 34.2 Å². The summed E-state index contributed by atoms with van der Waals surface area (Å²) in [5, 5.41) is 3.20. The summed E-state index contributed by atoms with van der Waals surface area (Å²) in [6.45, 7) is 9.95. The highest BCUT2D eigenvalue weighted by Gasteiger charge is 2.06. The van der Waals surface area contributed by atoms with Gasteiger partial charge in [0, 0.05) is 18.2 Å². The predicted molar refractivity (Wildman–Crippen MR) is 109 cm³/mol. The Morgan fingerprint density at radius 3 is 1.66 bits per heavy atom. The van der Waals surface area contributed by atoms with Crippen LogP contribution in [0.5, 0.6) is 0 Å². The molecule has 0 aromatic heterocycles. The second kappa shape index (κ2) is 30.5. The molecule has 0 aliphatic rings. The molecule has 0 aromatic rings. The molecule has 0 rings (SSSR count). The van der Waals surface area contributed by atoms with Gasteiger partial charge in [-0.3, -0.25) is 9.59 Å². The number of hydrogen-bond acceptors (Lipinski definition) is 10. The van der Waals surface area contributed by atoms with E-state index in [4.69, 9.17) is 15.3 Å². The van der Waals surface area contributed by atoms with Crippen LogP contribution in [0.1, 0.15) is 40.0 Å². The summed E-state index contributed by atoms with van der Waals surface area (Å²) in [6.07, 6.45) is 3.21. The summed E-state index contributed by atoms with van der Waals surface area (Å²) in [7, 11) is 4.07. The van der Waals surface area contributed by atoms with Crippen molar-refractivity contribution in [2.24, 2.45) is 5.73 Å². The third kappa shape index (κ3) is 46.1. The van der Waals surface area contributed by atoms with E-state index in [0.29, 0.717) is 12.8 Å². The first kappa shape index (κ1) is 37.5. The van der Waals surface area contributed by atoms with E-state index in [1.165, 1.54) is 21.3 Å². The van der Waals surface area contributed by atoms with Gasteiger partial charge in [-0.15, -0.1) is 12.4 Å². The molecule has 0 aliphatic heterocycles. The largest absolute Gasteiger partial charge is 0.469 e. The molecule has 0 bridgehead atoms. The Bertz CT molecular complexity index is 453. The van der Waals surface area contributed by atoms with Gasteiger partial charge in [-0.05, 0) is 26.8 Å². The summed E-state index contributed by atoms with van der Waals surface area (Å²) < 4.78 is 13.0. The van der Waals surface area contributed by atoms with E-state index in [9.17, 15) is 14.4 Å². The molecule has 11 heteroatoms.